The van der Waals surface area contributed by atoms with Crippen LogP contribution in [0.5, 0.6) is 0 Å². The van der Waals surface area contributed by atoms with Crippen molar-refractivity contribution in [1.29, 1.82) is 5.41 Å². The number of aromatic nitrogens is 1. The molecule has 0 saturated heterocycles. The third kappa shape index (κ3) is 3.10. The van der Waals surface area contributed by atoms with Gasteiger partial charge in [0.2, 0.25) is 0 Å². The number of hydrogen-bond donors (Lipinski definition) is 3. The number of rotatable bonds is 1. The molecule has 112 valence electrons. The zero-order chi connectivity index (χ0) is 16.4. The number of amidine groups is 1. The molecule has 4 nitrogen and oxygen atoms in total. The van der Waals surface area contributed by atoms with Gasteiger partial charge in [0.25, 0.3) is 0 Å². The lowest BCUT2D eigenvalue weighted by atomic mass is 10.1. The van der Waals surface area contributed by atoms with E-state index in [1.807, 2.05) is 24.3 Å². The fraction of sp³-hybridized carbons (Fsp3) is 0. The Morgan fingerprint density at radius 3 is 2.52 bits per heavy atom. The topological polar surface area (TPSA) is 88.8 Å². The molecule has 0 unspecified atom stereocenters. The molecule has 3 aromatic rings. The Morgan fingerprint density at radius 1 is 1.09 bits per heavy atom. The first-order valence-electron chi connectivity index (χ1n) is 6.85. The Labute approximate surface area is 138 Å². The molecule has 0 aliphatic heterocycles. The van der Waals surface area contributed by atoms with E-state index in [4.69, 9.17) is 28.5 Å². The Balaban J connectivity index is 2.06. The fourth-order valence-corrected chi connectivity index (χ4v) is 2.37. The summed E-state index contributed by atoms with van der Waals surface area (Å²) in [4.78, 5) is 4.17. The Kier molecular flexibility index (Phi) is 3.88. The smallest absolute Gasteiger partial charge is 0.139 e. The van der Waals surface area contributed by atoms with Gasteiger partial charge in [0.15, 0.2) is 0 Å². The van der Waals surface area contributed by atoms with Crippen LogP contribution in [0.3, 0.4) is 0 Å². The highest BCUT2D eigenvalue weighted by atomic mass is 35.5. The Bertz CT molecular complexity index is 961. The summed E-state index contributed by atoms with van der Waals surface area (Å²) in [5.41, 5.74) is 13.5. The first kappa shape index (κ1) is 14.9. The van der Waals surface area contributed by atoms with E-state index in [1.165, 1.54) is 0 Å². The van der Waals surface area contributed by atoms with Crippen molar-refractivity contribution in [2.24, 2.45) is 5.73 Å². The number of fused-ring (bicyclic) bond motifs is 1. The van der Waals surface area contributed by atoms with Gasteiger partial charge in [-0.1, -0.05) is 41.6 Å². The number of nitrogens with two attached hydrogens (primary N) is 2. The molecule has 0 radical (unpaired) electrons. The van der Waals surface area contributed by atoms with E-state index in [0.717, 1.165) is 16.3 Å². The number of nitrogen functional groups attached to an aromatic ring is 2. The van der Waals surface area contributed by atoms with Crippen molar-refractivity contribution < 1.29 is 0 Å². The second kappa shape index (κ2) is 5.99. The number of pyridine rings is 1. The SMILES string of the molecule is N=C(N)c1ccc(C#Cc2c(N)ncc3ccc(Cl)cc23)cc1. The summed E-state index contributed by atoms with van der Waals surface area (Å²) >= 11 is 6.07. The predicted octanol–water partition coefficient (Wildman–Crippen LogP) is 3.15. The largest absolute Gasteiger partial charge is 0.384 e. The van der Waals surface area contributed by atoms with Crippen LogP contribution in [0.15, 0.2) is 48.7 Å². The average Bonchev–Trinajstić information content (AvgIpc) is 2.54. The minimum atomic E-state index is 0.0293. The number of halogens is 1. The maximum atomic E-state index is 7.39. The van der Waals surface area contributed by atoms with Crippen molar-refractivity contribution in [1.82, 2.24) is 4.98 Å². The van der Waals surface area contributed by atoms with Gasteiger partial charge < -0.3 is 11.5 Å². The molecule has 0 amide bonds. The van der Waals surface area contributed by atoms with Gasteiger partial charge in [-0.15, -0.1) is 0 Å². The van der Waals surface area contributed by atoms with Crippen molar-refractivity contribution in [2.45, 2.75) is 0 Å². The van der Waals surface area contributed by atoms with E-state index in [9.17, 15) is 0 Å². The predicted molar refractivity (Wildman–Crippen MR) is 94.6 cm³/mol. The molecule has 2 aromatic carbocycles. The Hall–Kier alpha value is -3.03. The van der Waals surface area contributed by atoms with Gasteiger partial charge in [-0.2, -0.15) is 0 Å². The van der Waals surface area contributed by atoms with Crippen LogP contribution in [0.25, 0.3) is 10.8 Å². The van der Waals surface area contributed by atoms with E-state index in [-0.39, 0.29) is 5.84 Å². The standard InChI is InChI=1S/C18H13ClN4/c19-14-7-6-13-10-23-18(22)15(16(13)9-14)8-3-11-1-4-12(5-2-11)17(20)21/h1-2,4-7,9-10H,(H3,20,21)(H2,22,23). The quantitative estimate of drug-likeness (QED) is 0.365. The summed E-state index contributed by atoms with van der Waals surface area (Å²) in [6.07, 6.45) is 1.70. The first-order chi connectivity index (χ1) is 11.0. The highest BCUT2D eigenvalue weighted by Crippen LogP contribution is 2.24. The average molecular weight is 321 g/mol. The molecular weight excluding hydrogens is 308 g/mol. The van der Waals surface area contributed by atoms with Crippen LogP contribution in [-0.4, -0.2) is 10.8 Å². The van der Waals surface area contributed by atoms with Gasteiger partial charge in [-0.05, 0) is 24.3 Å². The summed E-state index contributed by atoms with van der Waals surface area (Å²) in [6.45, 7) is 0. The molecule has 1 aromatic heterocycles. The lowest BCUT2D eigenvalue weighted by molar-refractivity contribution is 1.36. The summed E-state index contributed by atoms with van der Waals surface area (Å²) in [7, 11) is 0. The molecule has 0 bridgehead atoms. The molecule has 3 rings (SSSR count). The third-order valence-electron chi connectivity index (χ3n) is 3.41. The molecule has 0 atom stereocenters. The first-order valence-corrected chi connectivity index (χ1v) is 7.22. The van der Waals surface area contributed by atoms with Crippen molar-refractivity contribution in [3.8, 4) is 11.8 Å². The van der Waals surface area contributed by atoms with Gasteiger partial charge >= 0.3 is 0 Å². The van der Waals surface area contributed by atoms with E-state index in [1.54, 1.807) is 24.4 Å². The molecule has 1 heterocycles. The molecule has 0 aliphatic carbocycles. The molecule has 0 aliphatic rings. The molecule has 23 heavy (non-hydrogen) atoms. The van der Waals surface area contributed by atoms with Crippen LogP contribution in [0.4, 0.5) is 5.82 Å². The lowest BCUT2D eigenvalue weighted by Gasteiger charge is -2.04. The van der Waals surface area contributed by atoms with Gasteiger partial charge in [0.1, 0.15) is 11.7 Å². The zero-order valence-electron chi connectivity index (χ0n) is 12.1. The minimum absolute atomic E-state index is 0.0293. The van der Waals surface area contributed by atoms with E-state index >= 15 is 0 Å². The summed E-state index contributed by atoms with van der Waals surface area (Å²) in [5.74, 6) is 6.52. The molecule has 5 N–H and O–H groups in total. The van der Waals surface area contributed by atoms with Crippen LogP contribution >= 0.6 is 11.6 Å². The van der Waals surface area contributed by atoms with E-state index < -0.39 is 0 Å². The molecule has 5 heteroatoms. The highest BCUT2D eigenvalue weighted by molar-refractivity contribution is 6.31. The Morgan fingerprint density at radius 2 is 1.83 bits per heavy atom. The zero-order valence-corrected chi connectivity index (χ0v) is 12.9. The number of benzene rings is 2. The fourth-order valence-electron chi connectivity index (χ4n) is 2.20. The number of anilines is 1. The van der Waals surface area contributed by atoms with Gasteiger partial charge in [0, 0.05) is 33.1 Å². The van der Waals surface area contributed by atoms with Gasteiger partial charge in [0.05, 0.1) is 5.56 Å². The van der Waals surface area contributed by atoms with Crippen LogP contribution in [0.1, 0.15) is 16.7 Å². The van der Waals surface area contributed by atoms with Crippen LogP contribution < -0.4 is 11.5 Å². The van der Waals surface area contributed by atoms with Crippen molar-refractivity contribution in [2.75, 3.05) is 5.73 Å². The minimum Gasteiger partial charge on any atom is -0.384 e. The maximum Gasteiger partial charge on any atom is 0.139 e. The van der Waals surface area contributed by atoms with Crippen molar-refractivity contribution in [3.63, 3.8) is 0 Å². The molecule has 0 fully saturated rings. The summed E-state index contributed by atoms with van der Waals surface area (Å²) < 4.78 is 0. The molecule has 0 saturated carbocycles. The van der Waals surface area contributed by atoms with Gasteiger partial charge in [-0.3, -0.25) is 5.41 Å². The monoisotopic (exact) mass is 320 g/mol. The van der Waals surface area contributed by atoms with Crippen LogP contribution in [0, 0.1) is 17.3 Å². The normalized spacial score (nSPS) is 10.1. The highest BCUT2D eigenvalue weighted by Gasteiger charge is 2.05. The van der Waals surface area contributed by atoms with Crippen molar-refractivity contribution >= 4 is 34.0 Å². The van der Waals surface area contributed by atoms with Crippen molar-refractivity contribution in [3.05, 3.63) is 70.4 Å². The second-order valence-corrected chi connectivity index (χ2v) is 5.43. The van der Waals surface area contributed by atoms with Crippen LogP contribution in [-0.2, 0) is 0 Å². The number of hydrogen-bond acceptors (Lipinski definition) is 3. The van der Waals surface area contributed by atoms with E-state index in [2.05, 4.69) is 16.8 Å². The van der Waals surface area contributed by atoms with Crippen LogP contribution in [0.2, 0.25) is 5.02 Å². The molecular formula is C18H13ClN4. The van der Waals surface area contributed by atoms with E-state index in [0.29, 0.717) is 22.0 Å². The number of nitrogens with zero attached hydrogens (tertiary/aromatic N) is 1. The molecule has 0 spiro atoms. The maximum absolute atomic E-state index is 7.39. The summed E-state index contributed by atoms with van der Waals surface area (Å²) in [5, 5.41) is 9.81. The lowest BCUT2D eigenvalue weighted by Crippen LogP contribution is -2.10. The summed E-state index contributed by atoms with van der Waals surface area (Å²) in [6, 6.07) is 12.7. The second-order valence-electron chi connectivity index (χ2n) is 4.99. The van der Waals surface area contributed by atoms with Gasteiger partial charge in [-0.25, -0.2) is 4.98 Å². The number of nitrogens with one attached hydrogen (secondary N) is 1. The third-order valence-corrected chi connectivity index (χ3v) is 3.65.